The highest BCUT2D eigenvalue weighted by Crippen LogP contribution is 2.25. The minimum Gasteiger partial charge on any atom is -0.318 e. The minimum absolute atomic E-state index is 0.542. The highest BCUT2D eigenvalue weighted by molar-refractivity contribution is 5.26. The second-order valence-corrected chi connectivity index (χ2v) is 6.16. The average molecular weight is 260 g/mol. The van der Waals surface area contributed by atoms with Crippen LogP contribution >= 0.6 is 0 Å². The van der Waals surface area contributed by atoms with Crippen LogP contribution in [0.25, 0.3) is 0 Å². The summed E-state index contributed by atoms with van der Waals surface area (Å²) in [4.78, 5) is 2.62. The van der Waals surface area contributed by atoms with E-state index in [2.05, 4.69) is 55.4 Å². The Hall–Kier alpha value is -0.860. The lowest BCUT2D eigenvalue weighted by molar-refractivity contribution is 0.242. The van der Waals surface area contributed by atoms with E-state index in [0.717, 1.165) is 12.5 Å². The van der Waals surface area contributed by atoms with Gasteiger partial charge in [-0.1, -0.05) is 38.1 Å². The molecule has 1 heterocycles. The smallest absolute Gasteiger partial charge is 0.0472 e. The molecule has 1 aromatic carbocycles. The molecule has 2 rings (SSSR count). The summed E-state index contributed by atoms with van der Waals surface area (Å²) in [6, 6.07) is 9.83. The zero-order chi connectivity index (χ0) is 13.7. The molecule has 1 aliphatic rings. The van der Waals surface area contributed by atoms with Crippen molar-refractivity contribution in [3.05, 3.63) is 35.4 Å². The van der Waals surface area contributed by atoms with Crippen molar-refractivity contribution in [3.63, 3.8) is 0 Å². The first kappa shape index (κ1) is 14.5. The number of nitrogens with one attached hydrogen (secondary N) is 1. The van der Waals surface area contributed by atoms with Crippen LogP contribution in [0.4, 0.5) is 0 Å². The van der Waals surface area contributed by atoms with E-state index in [4.69, 9.17) is 0 Å². The van der Waals surface area contributed by atoms with Gasteiger partial charge < -0.3 is 5.32 Å². The van der Waals surface area contributed by atoms with E-state index < -0.39 is 0 Å². The maximum Gasteiger partial charge on any atom is 0.0472 e. The summed E-state index contributed by atoms with van der Waals surface area (Å²) in [6.45, 7) is 8.10. The van der Waals surface area contributed by atoms with Crippen molar-refractivity contribution in [2.24, 2.45) is 5.92 Å². The SMILES string of the molecule is CNCC(c1ccc(CC(C)C)cc1)N1CCCC1. The lowest BCUT2D eigenvalue weighted by Crippen LogP contribution is -2.32. The van der Waals surface area contributed by atoms with Gasteiger partial charge in [-0.3, -0.25) is 4.90 Å². The van der Waals surface area contributed by atoms with Gasteiger partial charge in [-0.25, -0.2) is 0 Å². The van der Waals surface area contributed by atoms with Crippen molar-refractivity contribution < 1.29 is 0 Å². The second-order valence-electron chi connectivity index (χ2n) is 6.16. The molecule has 1 atom stereocenters. The van der Waals surface area contributed by atoms with Crippen LogP contribution in [-0.4, -0.2) is 31.6 Å². The van der Waals surface area contributed by atoms with Gasteiger partial charge in [0, 0.05) is 12.6 Å². The summed E-state index contributed by atoms with van der Waals surface area (Å²) in [5, 5.41) is 3.35. The molecule has 1 fully saturated rings. The molecule has 1 aromatic rings. The Labute approximate surface area is 118 Å². The predicted octanol–water partition coefficient (Wildman–Crippen LogP) is 3.24. The maximum atomic E-state index is 3.35. The molecule has 2 nitrogen and oxygen atoms in total. The molecule has 0 bridgehead atoms. The topological polar surface area (TPSA) is 15.3 Å². The molecule has 19 heavy (non-hydrogen) atoms. The Bertz CT molecular complexity index is 363. The van der Waals surface area contributed by atoms with Crippen molar-refractivity contribution in [2.75, 3.05) is 26.7 Å². The van der Waals surface area contributed by atoms with Crippen molar-refractivity contribution in [2.45, 2.75) is 39.2 Å². The monoisotopic (exact) mass is 260 g/mol. The summed E-state index contributed by atoms with van der Waals surface area (Å²) < 4.78 is 0. The summed E-state index contributed by atoms with van der Waals surface area (Å²) in [5.74, 6) is 0.734. The lowest BCUT2D eigenvalue weighted by atomic mass is 9.99. The van der Waals surface area contributed by atoms with Gasteiger partial charge in [-0.05, 0) is 56.4 Å². The van der Waals surface area contributed by atoms with Crippen molar-refractivity contribution in [1.82, 2.24) is 10.2 Å². The van der Waals surface area contributed by atoms with Gasteiger partial charge in [0.05, 0.1) is 0 Å². The van der Waals surface area contributed by atoms with E-state index in [1.807, 2.05) is 0 Å². The van der Waals surface area contributed by atoms with Crippen LogP contribution in [0.2, 0.25) is 0 Å². The van der Waals surface area contributed by atoms with Gasteiger partial charge in [-0.15, -0.1) is 0 Å². The van der Waals surface area contributed by atoms with Gasteiger partial charge in [0.1, 0.15) is 0 Å². The summed E-state index contributed by atoms with van der Waals surface area (Å²) in [7, 11) is 2.05. The van der Waals surface area contributed by atoms with Crippen molar-refractivity contribution in [1.29, 1.82) is 0 Å². The Balaban J connectivity index is 2.08. The summed E-state index contributed by atoms with van der Waals surface area (Å²) in [5.41, 5.74) is 2.92. The van der Waals surface area contributed by atoms with Gasteiger partial charge in [0.2, 0.25) is 0 Å². The molecule has 0 saturated carbocycles. The second kappa shape index (κ2) is 7.06. The average Bonchev–Trinajstić information content (AvgIpc) is 2.90. The molecule has 106 valence electrons. The molecule has 1 unspecified atom stereocenters. The largest absolute Gasteiger partial charge is 0.318 e. The number of hydrogen-bond acceptors (Lipinski definition) is 2. The van der Waals surface area contributed by atoms with Crippen LogP contribution < -0.4 is 5.32 Å². The molecular weight excluding hydrogens is 232 g/mol. The molecule has 1 N–H and O–H groups in total. The van der Waals surface area contributed by atoms with Gasteiger partial charge >= 0.3 is 0 Å². The van der Waals surface area contributed by atoms with Gasteiger partial charge in [0.25, 0.3) is 0 Å². The fraction of sp³-hybridized carbons (Fsp3) is 0.647. The maximum absolute atomic E-state index is 3.35. The number of hydrogen-bond donors (Lipinski definition) is 1. The number of benzene rings is 1. The van der Waals surface area contributed by atoms with E-state index in [0.29, 0.717) is 6.04 Å². The molecule has 2 heteroatoms. The van der Waals surface area contributed by atoms with Crippen LogP contribution in [0.15, 0.2) is 24.3 Å². The number of likely N-dealkylation sites (tertiary alicyclic amines) is 1. The van der Waals surface area contributed by atoms with Crippen LogP contribution in [0, 0.1) is 5.92 Å². The van der Waals surface area contributed by atoms with Crippen molar-refractivity contribution in [3.8, 4) is 0 Å². The summed E-state index contributed by atoms with van der Waals surface area (Å²) >= 11 is 0. The van der Waals surface area contributed by atoms with Crippen LogP contribution in [0.5, 0.6) is 0 Å². The van der Waals surface area contributed by atoms with E-state index in [1.54, 1.807) is 0 Å². The van der Waals surface area contributed by atoms with E-state index >= 15 is 0 Å². The summed E-state index contributed by atoms with van der Waals surface area (Å²) in [6.07, 6.45) is 3.89. The fourth-order valence-electron chi connectivity index (χ4n) is 3.05. The molecule has 0 amide bonds. The first-order valence-corrected chi connectivity index (χ1v) is 7.68. The predicted molar refractivity (Wildman–Crippen MR) is 82.5 cm³/mol. The van der Waals surface area contributed by atoms with E-state index in [-0.39, 0.29) is 0 Å². The highest BCUT2D eigenvalue weighted by Gasteiger charge is 2.22. The normalized spacial score (nSPS) is 18.1. The first-order chi connectivity index (χ1) is 9.20. The first-order valence-electron chi connectivity index (χ1n) is 7.68. The minimum atomic E-state index is 0.542. The zero-order valence-corrected chi connectivity index (χ0v) is 12.7. The number of rotatable bonds is 6. The Morgan fingerprint density at radius 1 is 1.11 bits per heavy atom. The molecule has 1 aliphatic heterocycles. The standard InChI is InChI=1S/C17H28N2/c1-14(2)12-15-6-8-16(9-7-15)17(13-18-3)19-10-4-5-11-19/h6-9,14,17-18H,4-5,10-13H2,1-3H3. The third-order valence-electron chi connectivity index (χ3n) is 3.99. The number of nitrogens with zero attached hydrogens (tertiary/aromatic N) is 1. The molecular formula is C17H28N2. The Morgan fingerprint density at radius 3 is 2.26 bits per heavy atom. The molecule has 0 radical (unpaired) electrons. The molecule has 0 aliphatic carbocycles. The molecule has 1 saturated heterocycles. The van der Waals surface area contributed by atoms with E-state index in [1.165, 1.54) is 43.5 Å². The quantitative estimate of drug-likeness (QED) is 0.844. The Kier molecular flexibility index (Phi) is 5.41. The van der Waals surface area contributed by atoms with Gasteiger partial charge in [0.15, 0.2) is 0 Å². The van der Waals surface area contributed by atoms with Gasteiger partial charge in [-0.2, -0.15) is 0 Å². The van der Waals surface area contributed by atoms with Crippen LogP contribution in [0.3, 0.4) is 0 Å². The van der Waals surface area contributed by atoms with E-state index in [9.17, 15) is 0 Å². The fourth-order valence-corrected chi connectivity index (χ4v) is 3.05. The van der Waals surface area contributed by atoms with Crippen LogP contribution in [0.1, 0.15) is 43.9 Å². The van der Waals surface area contributed by atoms with Crippen LogP contribution in [-0.2, 0) is 6.42 Å². The third kappa shape index (κ3) is 4.05. The molecule has 0 aromatic heterocycles. The highest BCUT2D eigenvalue weighted by atomic mass is 15.2. The Morgan fingerprint density at radius 2 is 1.74 bits per heavy atom. The lowest BCUT2D eigenvalue weighted by Gasteiger charge is -2.28. The third-order valence-corrected chi connectivity index (χ3v) is 3.99. The molecule has 0 spiro atoms. The number of likely N-dealkylation sites (N-methyl/N-ethyl adjacent to an activating group) is 1. The van der Waals surface area contributed by atoms with Crippen molar-refractivity contribution >= 4 is 0 Å². The zero-order valence-electron chi connectivity index (χ0n) is 12.7.